The van der Waals surface area contributed by atoms with Crippen molar-refractivity contribution < 1.29 is 27.4 Å². The number of halogens is 4. The summed E-state index contributed by atoms with van der Waals surface area (Å²) in [5.41, 5.74) is 2.35. The van der Waals surface area contributed by atoms with E-state index in [2.05, 4.69) is 16.0 Å². The van der Waals surface area contributed by atoms with Gasteiger partial charge in [-0.1, -0.05) is 28.9 Å². The molecule has 0 bridgehead atoms. The Kier molecular flexibility index (Phi) is 5.41. The molecule has 1 heterocycles. The fourth-order valence-corrected chi connectivity index (χ4v) is 2.50. The van der Waals surface area contributed by atoms with Crippen molar-refractivity contribution in [3.8, 4) is 11.3 Å². The third-order valence-electron chi connectivity index (χ3n) is 3.68. The molecule has 2 N–H and O–H groups in total. The highest BCUT2D eigenvalue weighted by Gasteiger charge is 2.33. The summed E-state index contributed by atoms with van der Waals surface area (Å²) in [5, 5.41) is 15.1. The van der Waals surface area contributed by atoms with E-state index in [1.165, 1.54) is 6.07 Å². The van der Waals surface area contributed by atoms with Crippen molar-refractivity contribution >= 4 is 28.9 Å². The predicted octanol–water partition coefficient (Wildman–Crippen LogP) is 4.68. The number of benzene rings is 2. The molecule has 0 atom stereocenters. The highest BCUT2D eigenvalue weighted by molar-refractivity contribution is 6.30. The number of amides is 1. The van der Waals surface area contributed by atoms with Gasteiger partial charge in [-0.3, -0.25) is 25.8 Å². The number of nitrogens with one attached hydrogen (secondary N) is 2. The number of nitrogens with zero attached hydrogens (tertiary/aromatic N) is 2. The van der Waals surface area contributed by atoms with Gasteiger partial charge in [0.2, 0.25) is 0 Å². The number of hydrogen-bond acceptors (Lipinski definition) is 6. The predicted molar refractivity (Wildman–Crippen MR) is 96.1 cm³/mol. The fraction of sp³-hybridized carbons (Fsp3) is 0.0588. The Labute approximate surface area is 165 Å². The Balaban J connectivity index is 1.75. The molecule has 0 aliphatic carbocycles. The smallest absolute Gasteiger partial charge is 0.355 e. The Hall–Kier alpha value is -3.60. The van der Waals surface area contributed by atoms with E-state index in [4.69, 9.17) is 16.1 Å². The maximum absolute atomic E-state index is 12.7. The lowest BCUT2D eigenvalue weighted by Gasteiger charge is -2.10. The van der Waals surface area contributed by atoms with Gasteiger partial charge >= 0.3 is 6.18 Å². The van der Waals surface area contributed by atoms with Gasteiger partial charge in [0.15, 0.2) is 11.5 Å². The monoisotopic (exact) mass is 426 g/mol. The minimum atomic E-state index is -4.75. The molecule has 0 fully saturated rings. The zero-order valence-electron chi connectivity index (χ0n) is 14.2. The van der Waals surface area contributed by atoms with E-state index in [1.54, 1.807) is 24.3 Å². The van der Waals surface area contributed by atoms with Crippen molar-refractivity contribution in [1.82, 2.24) is 10.6 Å². The molecule has 8 nitrogen and oxygen atoms in total. The van der Waals surface area contributed by atoms with E-state index in [0.717, 1.165) is 6.07 Å². The lowest BCUT2D eigenvalue weighted by Crippen LogP contribution is -2.30. The Morgan fingerprint density at radius 2 is 1.93 bits per heavy atom. The Bertz CT molecular complexity index is 1080. The zero-order valence-corrected chi connectivity index (χ0v) is 14.9. The molecule has 0 saturated carbocycles. The largest absolute Gasteiger partial charge is 0.416 e. The first-order valence-electron chi connectivity index (χ1n) is 7.80. The average molecular weight is 427 g/mol. The summed E-state index contributed by atoms with van der Waals surface area (Å²) in [6.45, 7) is 0. The molecule has 3 rings (SSSR count). The molecular formula is C17H10ClF3N4O4. The van der Waals surface area contributed by atoms with Gasteiger partial charge in [-0.15, -0.1) is 0 Å². The molecule has 12 heteroatoms. The maximum Gasteiger partial charge on any atom is 0.416 e. The maximum atomic E-state index is 12.7. The summed E-state index contributed by atoms with van der Waals surface area (Å²) < 4.78 is 43.2. The van der Waals surface area contributed by atoms with E-state index < -0.39 is 28.3 Å². The van der Waals surface area contributed by atoms with Gasteiger partial charge in [-0.25, -0.2) is 0 Å². The minimum absolute atomic E-state index is 0.165. The molecule has 0 spiro atoms. The average Bonchev–Trinajstić information content (AvgIpc) is 3.15. The van der Waals surface area contributed by atoms with Crippen LogP contribution in [0, 0.1) is 10.1 Å². The van der Waals surface area contributed by atoms with Crippen LogP contribution >= 0.6 is 11.6 Å². The van der Waals surface area contributed by atoms with E-state index in [-0.39, 0.29) is 17.1 Å². The van der Waals surface area contributed by atoms with Crippen LogP contribution < -0.4 is 10.9 Å². The van der Waals surface area contributed by atoms with Gasteiger partial charge in [0.1, 0.15) is 5.69 Å². The molecule has 0 unspecified atom stereocenters. The standard InChI is InChI=1S/C17H10ClF3N4O4/c18-11-3-1-2-9(6-11)15-8-13(24-29-15)16(26)23-22-12-5-4-10(17(19,20)21)7-14(12)25(27)28/h1-8,22H,(H,23,26). The van der Waals surface area contributed by atoms with Gasteiger partial charge in [0.05, 0.1) is 10.5 Å². The van der Waals surface area contributed by atoms with Crippen molar-refractivity contribution in [1.29, 1.82) is 0 Å². The zero-order chi connectivity index (χ0) is 21.2. The molecule has 0 aliphatic heterocycles. The molecule has 150 valence electrons. The first kappa shape index (κ1) is 20.1. The number of nitro groups is 1. The van der Waals surface area contributed by atoms with Crippen LogP contribution in [0.3, 0.4) is 0 Å². The van der Waals surface area contributed by atoms with Gasteiger partial charge in [-0.2, -0.15) is 13.2 Å². The van der Waals surface area contributed by atoms with Crippen LogP contribution in [0.4, 0.5) is 24.5 Å². The third kappa shape index (κ3) is 4.63. The molecule has 0 saturated heterocycles. The molecule has 1 aromatic heterocycles. The van der Waals surface area contributed by atoms with Crippen molar-refractivity contribution in [2.45, 2.75) is 6.18 Å². The number of carbonyl (C=O) groups excluding carboxylic acids is 1. The number of rotatable bonds is 5. The number of alkyl halides is 3. The van der Waals surface area contributed by atoms with Crippen molar-refractivity contribution in [2.24, 2.45) is 0 Å². The SMILES string of the molecule is O=C(NNc1ccc(C(F)(F)F)cc1[N+](=O)[O-])c1cc(-c2cccc(Cl)c2)on1. The summed E-state index contributed by atoms with van der Waals surface area (Å²) in [4.78, 5) is 22.2. The second-order valence-electron chi connectivity index (χ2n) is 5.65. The number of hydrazine groups is 1. The Morgan fingerprint density at radius 1 is 1.17 bits per heavy atom. The van der Waals surface area contributed by atoms with E-state index in [0.29, 0.717) is 22.7 Å². The number of nitro benzene ring substituents is 1. The lowest BCUT2D eigenvalue weighted by molar-refractivity contribution is -0.384. The summed E-state index contributed by atoms with van der Waals surface area (Å²) >= 11 is 5.88. The second kappa shape index (κ2) is 7.80. The second-order valence-corrected chi connectivity index (χ2v) is 6.09. The molecule has 2 aromatic carbocycles. The fourth-order valence-electron chi connectivity index (χ4n) is 2.31. The van der Waals surface area contributed by atoms with Crippen molar-refractivity contribution in [3.63, 3.8) is 0 Å². The normalized spacial score (nSPS) is 11.2. The molecular weight excluding hydrogens is 417 g/mol. The molecule has 29 heavy (non-hydrogen) atoms. The molecule has 3 aromatic rings. The molecule has 0 aliphatic rings. The summed E-state index contributed by atoms with van der Waals surface area (Å²) in [5.74, 6) is -0.575. The van der Waals surface area contributed by atoms with Crippen molar-refractivity contribution in [3.05, 3.63) is 74.9 Å². The van der Waals surface area contributed by atoms with Gasteiger partial charge in [0.25, 0.3) is 11.6 Å². The minimum Gasteiger partial charge on any atom is -0.355 e. The first-order valence-corrected chi connectivity index (χ1v) is 8.17. The van der Waals surface area contributed by atoms with E-state index >= 15 is 0 Å². The summed E-state index contributed by atoms with van der Waals surface area (Å²) in [6.07, 6.45) is -4.75. The summed E-state index contributed by atoms with van der Waals surface area (Å²) in [7, 11) is 0. The third-order valence-corrected chi connectivity index (χ3v) is 3.92. The number of aromatic nitrogens is 1. The van der Waals surface area contributed by atoms with Crippen LogP contribution in [0.25, 0.3) is 11.3 Å². The Morgan fingerprint density at radius 3 is 2.59 bits per heavy atom. The molecule has 1 amide bonds. The van der Waals surface area contributed by atoms with Gasteiger partial charge in [0, 0.05) is 22.7 Å². The van der Waals surface area contributed by atoms with Crippen LogP contribution in [0.15, 0.2) is 53.1 Å². The number of anilines is 1. The highest BCUT2D eigenvalue weighted by atomic mass is 35.5. The molecule has 0 radical (unpaired) electrons. The first-order chi connectivity index (χ1) is 13.6. The van der Waals surface area contributed by atoms with Gasteiger partial charge in [-0.05, 0) is 24.3 Å². The van der Waals surface area contributed by atoms with Crippen molar-refractivity contribution in [2.75, 3.05) is 5.43 Å². The topological polar surface area (TPSA) is 110 Å². The van der Waals surface area contributed by atoms with Crippen LogP contribution in [-0.2, 0) is 6.18 Å². The number of carbonyl (C=O) groups is 1. The summed E-state index contributed by atoms with van der Waals surface area (Å²) in [6, 6.07) is 9.74. The van der Waals surface area contributed by atoms with E-state index in [9.17, 15) is 28.1 Å². The highest BCUT2D eigenvalue weighted by Crippen LogP contribution is 2.34. The van der Waals surface area contributed by atoms with Crippen LogP contribution in [0.5, 0.6) is 0 Å². The van der Waals surface area contributed by atoms with Gasteiger partial charge < -0.3 is 4.52 Å². The van der Waals surface area contributed by atoms with Crippen LogP contribution in [0.2, 0.25) is 5.02 Å². The lowest BCUT2D eigenvalue weighted by atomic mass is 10.1. The quantitative estimate of drug-likeness (QED) is 0.453. The van der Waals surface area contributed by atoms with E-state index in [1.807, 2.05) is 0 Å². The van der Waals surface area contributed by atoms with Crippen LogP contribution in [0.1, 0.15) is 16.1 Å². The van der Waals surface area contributed by atoms with Crippen LogP contribution in [-0.4, -0.2) is 16.0 Å². The number of hydrogen-bond donors (Lipinski definition) is 2.